The fourth-order valence-corrected chi connectivity index (χ4v) is 1.93. The summed E-state index contributed by atoms with van der Waals surface area (Å²) in [7, 11) is 1.75. The second kappa shape index (κ2) is 4.86. The molecule has 0 aliphatic carbocycles. The van der Waals surface area contributed by atoms with Crippen molar-refractivity contribution in [1.29, 1.82) is 0 Å². The molecule has 18 heavy (non-hydrogen) atoms. The Labute approximate surface area is 104 Å². The van der Waals surface area contributed by atoms with Gasteiger partial charge in [-0.3, -0.25) is 4.68 Å². The van der Waals surface area contributed by atoms with Crippen LogP contribution in [0.1, 0.15) is 23.1 Å². The second-order valence-electron chi connectivity index (χ2n) is 4.29. The van der Waals surface area contributed by atoms with E-state index in [1.54, 1.807) is 17.8 Å². The maximum Gasteiger partial charge on any atom is 0.129 e. The molecule has 1 atom stereocenters. The Hall–Kier alpha value is -1.75. The lowest BCUT2D eigenvalue weighted by Crippen LogP contribution is -2.08. The Morgan fingerprint density at radius 3 is 2.67 bits per heavy atom. The number of nitrogens with zero attached hydrogens (tertiary/aromatic N) is 2. The van der Waals surface area contributed by atoms with E-state index in [-0.39, 0.29) is 12.0 Å². The Bertz CT molecular complexity index is 566. The number of hydrogen-bond acceptors (Lipinski definition) is 2. The highest BCUT2D eigenvalue weighted by Crippen LogP contribution is 2.22. The van der Waals surface area contributed by atoms with Crippen LogP contribution in [0.4, 0.5) is 8.78 Å². The number of aromatic nitrogens is 2. The van der Waals surface area contributed by atoms with E-state index < -0.39 is 17.7 Å². The Balaban J connectivity index is 2.24. The third kappa shape index (κ3) is 2.56. The first kappa shape index (κ1) is 12.7. The zero-order valence-corrected chi connectivity index (χ0v) is 10.2. The molecule has 0 aliphatic rings. The molecule has 0 bridgehead atoms. The number of aryl methyl sites for hydroxylation is 2. The van der Waals surface area contributed by atoms with Crippen LogP contribution in [-0.2, 0) is 13.5 Å². The van der Waals surface area contributed by atoms with E-state index in [1.807, 2.05) is 6.92 Å². The topological polar surface area (TPSA) is 38.0 Å². The van der Waals surface area contributed by atoms with E-state index in [0.717, 1.165) is 29.6 Å². The first-order valence-corrected chi connectivity index (χ1v) is 5.60. The van der Waals surface area contributed by atoms with Gasteiger partial charge >= 0.3 is 0 Å². The normalized spacial score (nSPS) is 12.7. The summed E-state index contributed by atoms with van der Waals surface area (Å²) in [5.41, 5.74) is 1.55. The molecule has 2 rings (SSSR count). The van der Waals surface area contributed by atoms with E-state index in [0.29, 0.717) is 0 Å². The average molecular weight is 252 g/mol. The van der Waals surface area contributed by atoms with Crippen LogP contribution in [0.5, 0.6) is 0 Å². The molecule has 3 nitrogen and oxygen atoms in total. The van der Waals surface area contributed by atoms with Crippen molar-refractivity contribution in [3.05, 3.63) is 52.9 Å². The van der Waals surface area contributed by atoms with Gasteiger partial charge in [-0.2, -0.15) is 5.10 Å². The van der Waals surface area contributed by atoms with Crippen molar-refractivity contribution >= 4 is 0 Å². The average Bonchev–Trinajstić information content (AvgIpc) is 2.61. The summed E-state index contributed by atoms with van der Waals surface area (Å²) in [6.07, 6.45) is -0.895. The molecule has 96 valence electrons. The van der Waals surface area contributed by atoms with Gasteiger partial charge in [0.2, 0.25) is 0 Å². The van der Waals surface area contributed by atoms with E-state index in [4.69, 9.17) is 0 Å². The number of hydrogen-bond donors (Lipinski definition) is 1. The lowest BCUT2D eigenvalue weighted by atomic mass is 10.0. The predicted octanol–water partition coefficient (Wildman–Crippen LogP) is 2.28. The van der Waals surface area contributed by atoms with Gasteiger partial charge < -0.3 is 5.11 Å². The molecular weight excluding hydrogens is 238 g/mol. The van der Waals surface area contributed by atoms with Crippen LogP contribution < -0.4 is 0 Å². The Kier molecular flexibility index (Phi) is 3.43. The van der Waals surface area contributed by atoms with Crippen molar-refractivity contribution < 1.29 is 13.9 Å². The van der Waals surface area contributed by atoms with E-state index in [2.05, 4.69) is 5.10 Å². The molecule has 0 fully saturated rings. The lowest BCUT2D eigenvalue weighted by molar-refractivity contribution is 0.170. The molecule has 0 saturated carbocycles. The summed E-state index contributed by atoms with van der Waals surface area (Å²) >= 11 is 0. The molecule has 2 aromatic rings. The minimum absolute atomic E-state index is 0.0335. The van der Waals surface area contributed by atoms with Gasteiger partial charge in [-0.1, -0.05) is 0 Å². The van der Waals surface area contributed by atoms with E-state index in [9.17, 15) is 13.9 Å². The van der Waals surface area contributed by atoms with Crippen molar-refractivity contribution in [2.75, 3.05) is 0 Å². The first-order valence-electron chi connectivity index (χ1n) is 5.60. The van der Waals surface area contributed by atoms with Gasteiger partial charge in [0.15, 0.2) is 0 Å². The molecule has 1 heterocycles. The number of aliphatic hydroxyl groups excluding tert-OH is 1. The largest absolute Gasteiger partial charge is 0.388 e. The molecule has 1 aromatic carbocycles. The minimum Gasteiger partial charge on any atom is -0.388 e. The highest BCUT2D eigenvalue weighted by atomic mass is 19.1. The van der Waals surface area contributed by atoms with E-state index >= 15 is 0 Å². The fraction of sp³-hybridized carbons (Fsp3) is 0.308. The SMILES string of the molecule is Cc1cc(CC(O)c2cc(F)ccc2F)n(C)n1. The highest BCUT2D eigenvalue weighted by molar-refractivity contribution is 5.23. The number of halogens is 2. The summed E-state index contributed by atoms with van der Waals surface area (Å²) in [5, 5.41) is 14.1. The molecule has 1 N–H and O–H groups in total. The molecule has 0 spiro atoms. The molecule has 1 aromatic heterocycles. The molecule has 0 radical (unpaired) electrons. The summed E-state index contributed by atoms with van der Waals surface area (Å²) < 4.78 is 28.1. The molecule has 0 amide bonds. The van der Waals surface area contributed by atoms with Crippen molar-refractivity contribution in [3.8, 4) is 0 Å². The Morgan fingerprint density at radius 2 is 2.06 bits per heavy atom. The summed E-state index contributed by atoms with van der Waals surface area (Å²) in [6, 6.07) is 4.87. The van der Waals surface area contributed by atoms with Gasteiger partial charge in [-0.05, 0) is 31.2 Å². The van der Waals surface area contributed by atoms with Crippen molar-refractivity contribution in [2.24, 2.45) is 7.05 Å². The summed E-state index contributed by atoms with van der Waals surface area (Å²) in [5.74, 6) is -1.17. The zero-order valence-electron chi connectivity index (χ0n) is 10.2. The zero-order chi connectivity index (χ0) is 13.3. The van der Waals surface area contributed by atoms with Crippen LogP contribution in [0, 0.1) is 18.6 Å². The number of aliphatic hydroxyl groups is 1. The monoisotopic (exact) mass is 252 g/mol. The standard InChI is InChI=1S/C13H14F2N2O/c1-8-5-10(17(2)16-8)7-13(18)11-6-9(14)3-4-12(11)15/h3-6,13,18H,7H2,1-2H3. The number of benzene rings is 1. The van der Waals surface area contributed by atoms with Gasteiger partial charge in [0.1, 0.15) is 11.6 Å². The van der Waals surface area contributed by atoms with Gasteiger partial charge in [-0.25, -0.2) is 8.78 Å². The van der Waals surface area contributed by atoms with Gasteiger partial charge in [0.25, 0.3) is 0 Å². The van der Waals surface area contributed by atoms with Crippen molar-refractivity contribution in [3.63, 3.8) is 0 Å². The third-order valence-corrected chi connectivity index (χ3v) is 2.82. The van der Waals surface area contributed by atoms with Crippen molar-refractivity contribution in [2.45, 2.75) is 19.4 Å². The van der Waals surface area contributed by atoms with Crippen LogP contribution >= 0.6 is 0 Å². The quantitative estimate of drug-likeness (QED) is 0.910. The highest BCUT2D eigenvalue weighted by Gasteiger charge is 2.16. The van der Waals surface area contributed by atoms with Gasteiger partial charge in [0.05, 0.1) is 11.8 Å². The minimum atomic E-state index is -1.09. The third-order valence-electron chi connectivity index (χ3n) is 2.82. The van der Waals surface area contributed by atoms with Gasteiger partial charge in [0, 0.05) is 24.7 Å². The second-order valence-corrected chi connectivity index (χ2v) is 4.29. The molecule has 0 saturated heterocycles. The van der Waals surface area contributed by atoms with Crippen LogP contribution in [-0.4, -0.2) is 14.9 Å². The van der Waals surface area contributed by atoms with Crippen LogP contribution in [0.3, 0.4) is 0 Å². The summed E-state index contributed by atoms with van der Waals surface area (Å²) in [4.78, 5) is 0. The van der Waals surface area contributed by atoms with Crippen LogP contribution in [0.15, 0.2) is 24.3 Å². The maximum absolute atomic E-state index is 13.5. The Morgan fingerprint density at radius 1 is 1.33 bits per heavy atom. The molecular formula is C13H14F2N2O. The lowest BCUT2D eigenvalue weighted by Gasteiger charge is -2.12. The van der Waals surface area contributed by atoms with Gasteiger partial charge in [-0.15, -0.1) is 0 Å². The molecule has 5 heteroatoms. The van der Waals surface area contributed by atoms with E-state index in [1.165, 1.54) is 0 Å². The molecule has 0 aliphatic heterocycles. The summed E-state index contributed by atoms with van der Waals surface area (Å²) in [6.45, 7) is 1.83. The maximum atomic E-state index is 13.5. The molecule has 1 unspecified atom stereocenters. The van der Waals surface area contributed by atoms with Crippen LogP contribution in [0.25, 0.3) is 0 Å². The van der Waals surface area contributed by atoms with Crippen molar-refractivity contribution in [1.82, 2.24) is 9.78 Å². The van der Waals surface area contributed by atoms with Crippen LogP contribution in [0.2, 0.25) is 0 Å². The first-order chi connectivity index (χ1) is 8.47. The smallest absolute Gasteiger partial charge is 0.129 e. The predicted molar refractivity (Wildman–Crippen MR) is 63.0 cm³/mol. The fourth-order valence-electron chi connectivity index (χ4n) is 1.93. The number of rotatable bonds is 3.